The van der Waals surface area contributed by atoms with Crippen LogP contribution in [0.5, 0.6) is 0 Å². The Labute approximate surface area is 152 Å². The van der Waals surface area contributed by atoms with E-state index in [1.54, 1.807) is 24.3 Å². The molecule has 0 saturated carbocycles. The molecule has 0 radical (unpaired) electrons. The SMILES string of the molecule is CCCCOC(=O)c1ccc(NC(=O)c2oc3ccccc3c2C)cc1. The molecule has 134 valence electrons. The minimum atomic E-state index is -0.357. The number of hydrogen-bond donors (Lipinski definition) is 1. The Balaban J connectivity index is 1.69. The van der Waals surface area contributed by atoms with Crippen molar-refractivity contribution < 1.29 is 18.7 Å². The number of nitrogens with one attached hydrogen (secondary N) is 1. The number of furan rings is 1. The average Bonchev–Trinajstić information content (AvgIpc) is 3.00. The zero-order valence-electron chi connectivity index (χ0n) is 14.9. The second-order valence-corrected chi connectivity index (χ2v) is 6.07. The summed E-state index contributed by atoms with van der Waals surface area (Å²) in [5.74, 6) is -0.393. The highest BCUT2D eigenvalue weighted by Crippen LogP contribution is 2.25. The van der Waals surface area contributed by atoms with Crippen molar-refractivity contribution in [3.05, 3.63) is 65.4 Å². The summed E-state index contributed by atoms with van der Waals surface area (Å²) in [5, 5.41) is 3.71. The molecule has 5 heteroatoms. The lowest BCUT2D eigenvalue weighted by atomic mass is 10.1. The van der Waals surface area contributed by atoms with Crippen molar-refractivity contribution in [1.29, 1.82) is 0 Å². The fraction of sp³-hybridized carbons (Fsp3) is 0.238. The molecule has 2 aromatic carbocycles. The van der Waals surface area contributed by atoms with Crippen LogP contribution in [0.3, 0.4) is 0 Å². The second-order valence-electron chi connectivity index (χ2n) is 6.07. The van der Waals surface area contributed by atoms with Gasteiger partial charge in [-0.25, -0.2) is 4.79 Å². The lowest BCUT2D eigenvalue weighted by molar-refractivity contribution is 0.0499. The highest BCUT2D eigenvalue weighted by molar-refractivity contribution is 6.06. The van der Waals surface area contributed by atoms with Gasteiger partial charge in [-0.1, -0.05) is 31.5 Å². The first-order valence-electron chi connectivity index (χ1n) is 8.67. The normalized spacial score (nSPS) is 10.7. The lowest BCUT2D eigenvalue weighted by Crippen LogP contribution is -2.12. The molecule has 0 aliphatic rings. The summed E-state index contributed by atoms with van der Waals surface area (Å²) in [4.78, 5) is 24.4. The minimum Gasteiger partial charge on any atom is -0.462 e. The molecule has 5 nitrogen and oxygen atoms in total. The highest BCUT2D eigenvalue weighted by atomic mass is 16.5. The zero-order valence-corrected chi connectivity index (χ0v) is 14.9. The number of carbonyl (C=O) groups excluding carboxylic acids is 2. The van der Waals surface area contributed by atoms with Gasteiger partial charge in [0.1, 0.15) is 5.58 Å². The van der Waals surface area contributed by atoms with Crippen LogP contribution in [-0.4, -0.2) is 18.5 Å². The maximum absolute atomic E-state index is 12.5. The van der Waals surface area contributed by atoms with E-state index in [1.807, 2.05) is 38.1 Å². The molecule has 1 amide bonds. The number of para-hydroxylation sites is 1. The van der Waals surface area contributed by atoms with Crippen molar-refractivity contribution in [2.45, 2.75) is 26.7 Å². The summed E-state index contributed by atoms with van der Waals surface area (Å²) in [6.45, 7) is 4.31. The van der Waals surface area contributed by atoms with Crippen molar-refractivity contribution in [2.75, 3.05) is 11.9 Å². The van der Waals surface area contributed by atoms with Crippen molar-refractivity contribution in [3.8, 4) is 0 Å². The Hall–Kier alpha value is -3.08. The number of rotatable bonds is 6. The van der Waals surface area contributed by atoms with Crippen LogP contribution in [0.2, 0.25) is 0 Å². The zero-order chi connectivity index (χ0) is 18.5. The topological polar surface area (TPSA) is 68.5 Å². The molecule has 0 fully saturated rings. The van der Waals surface area contributed by atoms with Gasteiger partial charge < -0.3 is 14.5 Å². The molecule has 3 rings (SSSR count). The molecule has 0 atom stereocenters. The molecule has 0 aliphatic carbocycles. The van der Waals surface area contributed by atoms with Gasteiger partial charge in [0.2, 0.25) is 0 Å². The van der Waals surface area contributed by atoms with Crippen molar-refractivity contribution >= 4 is 28.5 Å². The van der Waals surface area contributed by atoms with Crippen LogP contribution < -0.4 is 5.32 Å². The number of fused-ring (bicyclic) bond motifs is 1. The summed E-state index contributed by atoms with van der Waals surface area (Å²) in [5.41, 5.74) is 2.52. The Morgan fingerprint density at radius 1 is 1.08 bits per heavy atom. The van der Waals surface area contributed by atoms with E-state index in [0.29, 0.717) is 23.4 Å². The largest absolute Gasteiger partial charge is 0.462 e. The van der Waals surface area contributed by atoms with E-state index in [-0.39, 0.29) is 17.6 Å². The molecule has 1 aromatic heterocycles. The number of ether oxygens (including phenoxy) is 1. The van der Waals surface area contributed by atoms with Gasteiger partial charge in [0, 0.05) is 16.6 Å². The van der Waals surface area contributed by atoms with Crippen LogP contribution >= 0.6 is 0 Å². The first-order valence-corrected chi connectivity index (χ1v) is 8.67. The Morgan fingerprint density at radius 2 is 1.81 bits per heavy atom. The van der Waals surface area contributed by atoms with Gasteiger partial charge in [0.05, 0.1) is 12.2 Å². The Bertz CT molecular complexity index is 925. The highest BCUT2D eigenvalue weighted by Gasteiger charge is 2.17. The third-order valence-electron chi connectivity index (χ3n) is 4.16. The fourth-order valence-corrected chi connectivity index (χ4v) is 2.66. The number of benzene rings is 2. The Morgan fingerprint density at radius 3 is 2.50 bits per heavy atom. The number of unbranched alkanes of at least 4 members (excludes halogenated alkanes) is 1. The van der Waals surface area contributed by atoms with E-state index in [9.17, 15) is 9.59 Å². The van der Waals surface area contributed by atoms with E-state index in [1.165, 1.54) is 0 Å². The van der Waals surface area contributed by atoms with E-state index >= 15 is 0 Å². The molecule has 0 unspecified atom stereocenters. The standard InChI is InChI=1S/C21H21NO4/c1-3-4-13-25-21(24)15-9-11-16(12-10-15)22-20(23)19-14(2)17-7-5-6-8-18(17)26-19/h5-12H,3-4,13H2,1-2H3,(H,22,23). The van der Waals surface area contributed by atoms with Crippen molar-refractivity contribution in [3.63, 3.8) is 0 Å². The number of carbonyl (C=O) groups is 2. The number of hydrogen-bond acceptors (Lipinski definition) is 4. The number of amides is 1. The van der Waals surface area contributed by atoms with Crippen LogP contribution in [0.4, 0.5) is 5.69 Å². The van der Waals surface area contributed by atoms with Crippen LogP contribution in [0.1, 0.15) is 46.2 Å². The van der Waals surface area contributed by atoms with E-state index in [0.717, 1.165) is 23.8 Å². The summed E-state index contributed by atoms with van der Waals surface area (Å²) < 4.78 is 10.8. The maximum atomic E-state index is 12.5. The second kappa shape index (κ2) is 7.87. The Kier molecular flexibility index (Phi) is 5.37. The molecule has 26 heavy (non-hydrogen) atoms. The molecular weight excluding hydrogens is 330 g/mol. The van der Waals surface area contributed by atoms with E-state index in [2.05, 4.69) is 5.32 Å². The van der Waals surface area contributed by atoms with Crippen molar-refractivity contribution in [2.24, 2.45) is 0 Å². The molecule has 0 saturated heterocycles. The summed E-state index contributed by atoms with van der Waals surface area (Å²) in [6.07, 6.45) is 1.82. The first-order chi connectivity index (χ1) is 12.6. The van der Waals surface area contributed by atoms with Gasteiger partial charge >= 0.3 is 5.97 Å². The van der Waals surface area contributed by atoms with Crippen LogP contribution in [0.25, 0.3) is 11.0 Å². The van der Waals surface area contributed by atoms with Gasteiger partial charge in [-0.3, -0.25) is 4.79 Å². The lowest BCUT2D eigenvalue weighted by Gasteiger charge is -2.06. The van der Waals surface area contributed by atoms with Crippen LogP contribution in [-0.2, 0) is 4.74 Å². The van der Waals surface area contributed by atoms with Gasteiger partial charge in [0.15, 0.2) is 5.76 Å². The summed E-state index contributed by atoms with van der Waals surface area (Å²) in [7, 11) is 0. The molecule has 0 spiro atoms. The third-order valence-corrected chi connectivity index (χ3v) is 4.16. The molecule has 3 aromatic rings. The number of anilines is 1. The minimum absolute atomic E-state index is 0.286. The van der Waals surface area contributed by atoms with Gasteiger partial charge in [-0.15, -0.1) is 0 Å². The smallest absolute Gasteiger partial charge is 0.338 e. The predicted octanol–water partition coefficient (Wildman–Crippen LogP) is 4.95. The number of esters is 1. The van der Waals surface area contributed by atoms with Gasteiger partial charge in [-0.2, -0.15) is 0 Å². The molecule has 0 bridgehead atoms. The van der Waals surface area contributed by atoms with Gasteiger partial charge in [0.25, 0.3) is 5.91 Å². The van der Waals surface area contributed by atoms with Crippen LogP contribution in [0.15, 0.2) is 52.9 Å². The molecule has 0 aliphatic heterocycles. The van der Waals surface area contributed by atoms with Gasteiger partial charge in [-0.05, 0) is 43.7 Å². The quantitative estimate of drug-likeness (QED) is 0.504. The predicted molar refractivity (Wildman–Crippen MR) is 101 cm³/mol. The van der Waals surface area contributed by atoms with E-state index in [4.69, 9.17) is 9.15 Å². The fourth-order valence-electron chi connectivity index (χ4n) is 2.66. The molecular formula is C21H21NO4. The maximum Gasteiger partial charge on any atom is 0.338 e. The van der Waals surface area contributed by atoms with Crippen molar-refractivity contribution in [1.82, 2.24) is 0 Å². The summed E-state index contributed by atoms with van der Waals surface area (Å²) >= 11 is 0. The number of aryl methyl sites for hydroxylation is 1. The van der Waals surface area contributed by atoms with Crippen LogP contribution in [0, 0.1) is 6.92 Å². The summed E-state index contributed by atoms with van der Waals surface area (Å²) in [6, 6.07) is 14.1. The monoisotopic (exact) mass is 351 g/mol. The molecule has 1 N–H and O–H groups in total. The first kappa shape index (κ1) is 17.7. The third kappa shape index (κ3) is 3.77. The van der Waals surface area contributed by atoms with E-state index < -0.39 is 0 Å². The average molecular weight is 351 g/mol. The molecule has 1 heterocycles.